The summed E-state index contributed by atoms with van der Waals surface area (Å²) in [7, 11) is 1.67. The molecule has 0 atom stereocenters. The number of ether oxygens (including phenoxy) is 2. The van der Waals surface area contributed by atoms with Gasteiger partial charge in [-0.15, -0.1) is 0 Å². The second-order valence-electron chi connectivity index (χ2n) is 5.95. The van der Waals surface area contributed by atoms with E-state index in [2.05, 4.69) is 5.32 Å². The van der Waals surface area contributed by atoms with Gasteiger partial charge in [0.1, 0.15) is 0 Å². The standard InChI is InChI=1S/C15H27NO3/c1-18-12-15(8-4-9-15)14(17)16-10-5-11-19-13-6-2-3-7-13/h13H,2-12H2,1H3,(H,16,17). The SMILES string of the molecule is COCC1(C(=O)NCCCOC2CCCC2)CCC1. The van der Waals surface area contributed by atoms with Gasteiger partial charge < -0.3 is 14.8 Å². The van der Waals surface area contributed by atoms with Gasteiger partial charge >= 0.3 is 0 Å². The fourth-order valence-electron chi connectivity index (χ4n) is 3.08. The van der Waals surface area contributed by atoms with Gasteiger partial charge in [-0.1, -0.05) is 19.3 Å². The predicted octanol–water partition coefficient (Wildman–Crippen LogP) is 2.27. The van der Waals surface area contributed by atoms with Crippen LogP contribution in [-0.4, -0.2) is 38.9 Å². The van der Waals surface area contributed by atoms with Gasteiger partial charge in [-0.05, 0) is 32.1 Å². The lowest BCUT2D eigenvalue weighted by Crippen LogP contribution is -2.48. The first-order valence-corrected chi connectivity index (χ1v) is 7.66. The van der Waals surface area contributed by atoms with Crippen LogP contribution in [0.5, 0.6) is 0 Å². The monoisotopic (exact) mass is 269 g/mol. The molecule has 2 rings (SSSR count). The highest BCUT2D eigenvalue weighted by Crippen LogP contribution is 2.41. The Bertz CT molecular complexity index is 283. The summed E-state index contributed by atoms with van der Waals surface area (Å²) in [5.74, 6) is 0.168. The van der Waals surface area contributed by atoms with Crippen LogP contribution in [0.2, 0.25) is 0 Å². The lowest BCUT2D eigenvalue weighted by atomic mass is 9.68. The highest BCUT2D eigenvalue weighted by atomic mass is 16.5. The molecule has 0 aromatic rings. The normalized spacial score (nSPS) is 22.2. The molecule has 0 spiro atoms. The molecule has 0 aromatic heterocycles. The molecule has 0 saturated heterocycles. The van der Waals surface area contributed by atoms with Gasteiger partial charge in [0, 0.05) is 20.3 Å². The highest BCUT2D eigenvalue weighted by molar-refractivity contribution is 5.83. The number of rotatable bonds is 8. The van der Waals surface area contributed by atoms with Crippen LogP contribution in [0.4, 0.5) is 0 Å². The third kappa shape index (κ3) is 3.93. The first kappa shape index (κ1) is 14.8. The number of carbonyl (C=O) groups is 1. The van der Waals surface area contributed by atoms with Crippen molar-refractivity contribution in [2.24, 2.45) is 5.41 Å². The van der Waals surface area contributed by atoms with E-state index in [1.54, 1.807) is 7.11 Å². The molecular formula is C15H27NO3. The van der Waals surface area contributed by atoms with Crippen molar-refractivity contribution in [1.29, 1.82) is 0 Å². The molecule has 2 aliphatic carbocycles. The zero-order valence-corrected chi connectivity index (χ0v) is 12.1. The number of methoxy groups -OCH3 is 1. The molecule has 0 radical (unpaired) electrons. The third-order valence-electron chi connectivity index (χ3n) is 4.48. The van der Waals surface area contributed by atoms with E-state index in [0.717, 1.165) is 38.8 Å². The molecule has 110 valence electrons. The van der Waals surface area contributed by atoms with Crippen molar-refractivity contribution in [2.75, 3.05) is 26.9 Å². The molecule has 1 amide bonds. The summed E-state index contributed by atoms with van der Waals surface area (Å²) in [5.41, 5.74) is -0.235. The van der Waals surface area contributed by atoms with Gasteiger partial charge in [-0.3, -0.25) is 4.79 Å². The van der Waals surface area contributed by atoms with Crippen LogP contribution < -0.4 is 5.32 Å². The summed E-state index contributed by atoms with van der Waals surface area (Å²) in [6.07, 6.45) is 9.49. The zero-order chi connectivity index (χ0) is 13.6. The molecule has 2 fully saturated rings. The molecule has 19 heavy (non-hydrogen) atoms. The van der Waals surface area contributed by atoms with E-state index < -0.39 is 0 Å². The van der Waals surface area contributed by atoms with Gasteiger partial charge in [0.2, 0.25) is 5.91 Å². The summed E-state index contributed by atoms with van der Waals surface area (Å²) >= 11 is 0. The molecule has 1 N–H and O–H groups in total. The lowest BCUT2D eigenvalue weighted by Gasteiger charge is -2.39. The first-order valence-electron chi connectivity index (χ1n) is 7.66. The van der Waals surface area contributed by atoms with Crippen LogP contribution in [0.3, 0.4) is 0 Å². The Morgan fingerprint density at radius 2 is 2.00 bits per heavy atom. The molecule has 4 heteroatoms. The average molecular weight is 269 g/mol. The molecule has 0 heterocycles. The molecule has 4 nitrogen and oxygen atoms in total. The van der Waals surface area contributed by atoms with E-state index >= 15 is 0 Å². The van der Waals surface area contributed by atoms with Crippen molar-refractivity contribution in [1.82, 2.24) is 5.32 Å². The van der Waals surface area contributed by atoms with Crippen molar-refractivity contribution >= 4 is 5.91 Å². The molecular weight excluding hydrogens is 242 g/mol. The maximum absolute atomic E-state index is 12.1. The maximum Gasteiger partial charge on any atom is 0.228 e. The van der Waals surface area contributed by atoms with Crippen LogP contribution >= 0.6 is 0 Å². The maximum atomic E-state index is 12.1. The Balaban J connectivity index is 1.55. The van der Waals surface area contributed by atoms with E-state index in [1.807, 2.05) is 0 Å². The van der Waals surface area contributed by atoms with Crippen molar-refractivity contribution < 1.29 is 14.3 Å². The van der Waals surface area contributed by atoms with E-state index in [4.69, 9.17) is 9.47 Å². The second kappa shape index (κ2) is 7.25. The summed E-state index contributed by atoms with van der Waals surface area (Å²) in [5, 5.41) is 3.04. The molecule has 0 aromatic carbocycles. The van der Waals surface area contributed by atoms with Crippen LogP contribution in [0.1, 0.15) is 51.4 Å². The van der Waals surface area contributed by atoms with Crippen molar-refractivity contribution in [3.05, 3.63) is 0 Å². The number of hydrogen-bond acceptors (Lipinski definition) is 3. The van der Waals surface area contributed by atoms with Gasteiger partial charge in [-0.2, -0.15) is 0 Å². The largest absolute Gasteiger partial charge is 0.384 e. The summed E-state index contributed by atoms with van der Waals surface area (Å²) < 4.78 is 11.0. The number of amides is 1. The van der Waals surface area contributed by atoms with Gasteiger partial charge in [0.25, 0.3) is 0 Å². The van der Waals surface area contributed by atoms with Crippen molar-refractivity contribution in [3.8, 4) is 0 Å². The second-order valence-corrected chi connectivity index (χ2v) is 5.95. The van der Waals surface area contributed by atoms with Crippen LogP contribution in [0.25, 0.3) is 0 Å². The summed E-state index contributed by atoms with van der Waals surface area (Å²) in [6, 6.07) is 0. The van der Waals surface area contributed by atoms with Gasteiger partial charge in [0.15, 0.2) is 0 Å². The fraction of sp³-hybridized carbons (Fsp3) is 0.933. The van der Waals surface area contributed by atoms with Crippen LogP contribution in [0.15, 0.2) is 0 Å². The predicted molar refractivity (Wildman–Crippen MR) is 74.0 cm³/mol. The minimum absolute atomic E-state index is 0.168. The van der Waals surface area contributed by atoms with Gasteiger partial charge in [0.05, 0.1) is 18.1 Å². The zero-order valence-electron chi connectivity index (χ0n) is 12.1. The Morgan fingerprint density at radius 3 is 2.58 bits per heavy atom. The number of hydrogen-bond donors (Lipinski definition) is 1. The van der Waals surface area contributed by atoms with E-state index in [1.165, 1.54) is 25.7 Å². The molecule has 0 unspecified atom stereocenters. The number of nitrogens with one attached hydrogen (secondary N) is 1. The van der Waals surface area contributed by atoms with Gasteiger partial charge in [-0.25, -0.2) is 0 Å². The minimum Gasteiger partial charge on any atom is -0.384 e. The Labute approximate surface area is 116 Å². The smallest absolute Gasteiger partial charge is 0.228 e. The molecule has 0 aliphatic heterocycles. The number of carbonyl (C=O) groups excluding carboxylic acids is 1. The molecule has 2 saturated carbocycles. The third-order valence-corrected chi connectivity index (χ3v) is 4.48. The first-order chi connectivity index (χ1) is 9.27. The average Bonchev–Trinajstić information content (AvgIpc) is 2.86. The summed E-state index contributed by atoms with van der Waals surface area (Å²) in [6.45, 7) is 2.04. The van der Waals surface area contributed by atoms with E-state index in [0.29, 0.717) is 12.7 Å². The highest BCUT2D eigenvalue weighted by Gasteiger charge is 2.43. The lowest BCUT2D eigenvalue weighted by molar-refractivity contribution is -0.140. The Hall–Kier alpha value is -0.610. The van der Waals surface area contributed by atoms with Crippen molar-refractivity contribution in [3.63, 3.8) is 0 Å². The van der Waals surface area contributed by atoms with Crippen LogP contribution in [0, 0.1) is 5.41 Å². The van der Waals surface area contributed by atoms with Crippen LogP contribution in [-0.2, 0) is 14.3 Å². The van der Waals surface area contributed by atoms with Crippen molar-refractivity contribution in [2.45, 2.75) is 57.5 Å². The quantitative estimate of drug-likeness (QED) is 0.688. The van der Waals surface area contributed by atoms with E-state index in [-0.39, 0.29) is 11.3 Å². The molecule has 0 bridgehead atoms. The summed E-state index contributed by atoms with van der Waals surface area (Å²) in [4.78, 5) is 12.1. The fourth-order valence-corrected chi connectivity index (χ4v) is 3.08. The Kier molecular flexibility index (Phi) is 5.64. The van der Waals surface area contributed by atoms with E-state index in [9.17, 15) is 4.79 Å². The Morgan fingerprint density at radius 1 is 1.26 bits per heavy atom. The molecule has 2 aliphatic rings. The minimum atomic E-state index is -0.235. The topological polar surface area (TPSA) is 47.6 Å².